The molecule has 25 heavy (non-hydrogen) atoms. The zero-order valence-corrected chi connectivity index (χ0v) is 14.0. The van der Waals surface area contributed by atoms with Gasteiger partial charge in [-0.25, -0.2) is 0 Å². The van der Waals surface area contributed by atoms with Gasteiger partial charge in [-0.05, 0) is 31.9 Å². The molecule has 1 aromatic carbocycles. The molecule has 2 aromatic rings. The molecule has 7 heteroatoms. The minimum Gasteiger partial charge on any atom is -0.486 e. The van der Waals surface area contributed by atoms with Crippen LogP contribution < -0.4 is 4.74 Å². The number of carbonyl (C=O) groups is 2. The number of hydrogen-bond donors (Lipinski definition) is 1. The van der Waals surface area contributed by atoms with Crippen LogP contribution in [0.4, 0.5) is 0 Å². The Kier molecular flexibility index (Phi) is 5.14. The van der Waals surface area contributed by atoms with E-state index in [0.29, 0.717) is 36.6 Å². The molecule has 2 heterocycles. The van der Waals surface area contributed by atoms with Gasteiger partial charge < -0.3 is 19.3 Å². The van der Waals surface area contributed by atoms with E-state index in [0.717, 1.165) is 6.42 Å². The average Bonchev–Trinajstić information content (AvgIpc) is 3.08. The number of ether oxygens (including phenoxy) is 1. The fourth-order valence-corrected chi connectivity index (χ4v) is 2.74. The topological polar surface area (TPSA) is 92.9 Å². The number of aliphatic hydroxyl groups excluding tert-OH is 1. The first-order valence-electron chi connectivity index (χ1n) is 8.19. The predicted octanol–water partition coefficient (Wildman–Crippen LogP) is 2.05. The maximum atomic E-state index is 12.4. The molecule has 0 saturated carbocycles. The third kappa shape index (κ3) is 4.24. The molecule has 7 nitrogen and oxygen atoms in total. The Labute approximate surface area is 145 Å². The minimum absolute atomic E-state index is 0.0401. The number of likely N-dealkylation sites (tertiary alicyclic amines) is 1. The van der Waals surface area contributed by atoms with Gasteiger partial charge in [0.05, 0.1) is 6.10 Å². The van der Waals surface area contributed by atoms with Gasteiger partial charge in [-0.3, -0.25) is 9.59 Å². The summed E-state index contributed by atoms with van der Waals surface area (Å²) in [6, 6.07) is 8.39. The molecule has 0 unspecified atom stereocenters. The Morgan fingerprint density at radius 2 is 2.24 bits per heavy atom. The van der Waals surface area contributed by atoms with Gasteiger partial charge in [-0.1, -0.05) is 17.3 Å². The molecule has 0 spiro atoms. The molecule has 1 fully saturated rings. The maximum Gasteiger partial charge on any atom is 0.276 e. The number of nitrogens with zero attached hydrogens (tertiary/aromatic N) is 2. The van der Waals surface area contributed by atoms with Crippen molar-refractivity contribution in [3.8, 4) is 5.75 Å². The van der Waals surface area contributed by atoms with Crippen molar-refractivity contribution in [2.45, 2.75) is 32.5 Å². The number of piperidine rings is 1. The molecule has 1 aromatic heterocycles. The van der Waals surface area contributed by atoms with Crippen molar-refractivity contribution in [2.24, 2.45) is 0 Å². The van der Waals surface area contributed by atoms with Crippen molar-refractivity contribution in [3.63, 3.8) is 0 Å². The van der Waals surface area contributed by atoms with Crippen molar-refractivity contribution in [1.82, 2.24) is 10.1 Å². The van der Waals surface area contributed by atoms with E-state index in [1.165, 1.54) is 13.0 Å². The highest BCUT2D eigenvalue weighted by molar-refractivity contribution is 5.94. The van der Waals surface area contributed by atoms with Gasteiger partial charge in [0.1, 0.15) is 12.4 Å². The lowest BCUT2D eigenvalue weighted by Crippen LogP contribution is -2.42. The summed E-state index contributed by atoms with van der Waals surface area (Å²) in [6.07, 6.45) is 0.995. The molecule has 1 aliphatic rings. The molecule has 1 aliphatic heterocycles. The molecule has 0 radical (unpaired) electrons. The molecule has 1 amide bonds. The van der Waals surface area contributed by atoms with Gasteiger partial charge in [0.25, 0.3) is 5.91 Å². The van der Waals surface area contributed by atoms with Crippen LogP contribution in [-0.2, 0) is 6.61 Å². The molecule has 0 bridgehead atoms. The number of ketones is 1. The lowest BCUT2D eigenvalue weighted by atomic mass is 10.1. The summed E-state index contributed by atoms with van der Waals surface area (Å²) in [5.74, 6) is 0.652. The van der Waals surface area contributed by atoms with Gasteiger partial charge in [-0.2, -0.15) is 0 Å². The average molecular weight is 344 g/mol. The van der Waals surface area contributed by atoms with Crippen molar-refractivity contribution in [3.05, 3.63) is 47.3 Å². The number of rotatable bonds is 5. The molecular weight excluding hydrogens is 324 g/mol. The second-order valence-electron chi connectivity index (χ2n) is 6.10. The molecule has 0 aliphatic carbocycles. The highest BCUT2D eigenvalue weighted by Crippen LogP contribution is 2.17. The highest BCUT2D eigenvalue weighted by Gasteiger charge is 2.25. The van der Waals surface area contributed by atoms with Crippen molar-refractivity contribution in [1.29, 1.82) is 0 Å². The van der Waals surface area contributed by atoms with Crippen LogP contribution in [0.3, 0.4) is 0 Å². The van der Waals surface area contributed by atoms with Crippen LogP contribution in [0.1, 0.15) is 46.4 Å². The Bertz CT molecular complexity index is 770. The number of hydrogen-bond acceptors (Lipinski definition) is 6. The molecule has 3 rings (SSSR count). The predicted molar refractivity (Wildman–Crippen MR) is 88.4 cm³/mol. The number of carbonyl (C=O) groups excluding carboxylic acids is 2. The van der Waals surface area contributed by atoms with Crippen molar-refractivity contribution in [2.75, 3.05) is 13.1 Å². The largest absolute Gasteiger partial charge is 0.486 e. The molecular formula is C18H20N2O5. The Morgan fingerprint density at radius 1 is 1.40 bits per heavy atom. The van der Waals surface area contributed by atoms with E-state index in [1.54, 1.807) is 29.2 Å². The van der Waals surface area contributed by atoms with Crippen LogP contribution in [0.25, 0.3) is 0 Å². The zero-order chi connectivity index (χ0) is 17.8. The summed E-state index contributed by atoms with van der Waals surface area (Å²) in [4.78, 5) is 25.3. The fourth-order valence-electron chi connectivity index (χ4n) is 2.74. The normalized spacial score (nSPS) is 17.4. The minimum atomic E-state index is -0.485. The van der Waals surface area contributed by atoms with E-state index in [9.17, 15) is 14.7 Å². The fraction of sp³-hybridized carbons (Fsp3) is 0.389. The Balaban J connectivity index is 1.61. The Hall–Kier alpha value is -2.67. The number of aromatic nitrogens is 1. The van der Waals surface area contributed by atoms with E-state index in [1.807, 2.05) is 0 Å². The summed E-state index contributed by atoms with van der Waals surface area (Å²) >= 11 is 0. The molecule has 1 saturated heterocycles. The number of Topliss-reactive ketones (excluding diaryl/α,β-unsaturated/α-hetero) is 1. The second kappa shape index (κ2) is 7.48. The van der Waals surface area contributed by atoms with Crippen LogP contribution in [0, 0.1) is 0 Å². The van der Waals surface area contributed by atoms with Crippen molar-refractivity contribution < 1.29 is 24.0 Å². The standard InChI is InChI=1S/C18H20N2O5/c1-12(21)13-4-2-6-15(8-13)24-11-16-9-17(19-25-16)18(23)20-7-3-5-14(22)10-20/h2,4,6,8-9,14,22H,3,5,7,10-11H2,1H3/t14-/m0/s1. The van der Waals surface area contributed by atoms with E-state index in [4.69, 9.17) is 9.26 Å². The van der Waals surface area contributed by atoms with E-state index in [2.05, 4.69) is 5.16 Å². The van der Waals surface area contributed by atoms with Crippen LogP contribution >= 0.6 is 0 Å². The quantitative estimate of drug-likeness (QED) is 0.835. The van der Waals surface area contributed by atoms with Gasteiger partial charge in [0.15, 0.2) is 17.2 Å². The first kappa shape index (κ1) is 17.2. The maximum absolute atomic E-state index is 12.4. The summed E-state index contributed by atoms with van der Waals surface area (Å²) in [7, 11) is 0. The van der Waals surface area contributed by atoms with Gasteiger partial charge in [-0.15, -0.1) is 0 Å². The van der Waals surface area contributed by atoms with Crippen LogP contribution in [0.5, 0.6) is 5.75 Å². The van der Waals surface area contributed by atoms with E-state index >= 15 is 0 Å². The first-order valence-corrected chi connectivity index (χ1v) is 8.19. The molecule has 132 valence electrons. The first-order chi connectivity index (χ1) is 12.0. The van der Waals surface area contributed by atoms with Crippen LogP contribution in [-0.4, -0.2) is 46.0 Å². The highest BCUT2D eigenvalue weighted by atomic mass is 16.5. The molecule has 1 N–H and O–H groups in total. The zero-order valence-electron chi connectivity index (χ0n) is 14.0. The van der Waals surface area contributed by atoms with Crippen LogP contribution in [0.15, 0.2) is 34.9 Å². The second-order valence-corrected chi connectivity index (χ2v) is 6.10. The van der Waals surface area contributed by atoms with Gasteiger partial charge in [0, 0.05) is 24.7 Å². The SMILES string of the molecule is CC(=O)c1cccc(OCc2cc(C(=O)N3CCC[C@H](O)C3)no2)c1. The Morgan fingerprint density at radius 3 is 3.00 bits per heavy atom. The van der Waals surface area contributed by atoms with E-state index < -0.39 is 6.10 Å². The third-order valence-corrected chi connectivity index (χ3v) is 4.08. The third-order valence-electron chi connectivity index (χ3n) is 4.08. The summed E-state index contributed by atoms with van der Waals surface area (Å²) in [6.45, 7) is 2.51. The van der Waals surface area contributed by atoms with E-state index in [-0.39, 0.29) is 24.0 Å². The number of aliphatic hydroxyl groups is 1. The number of benzene rings is 1. The lowest BCUT2D eigenvalue weighted by molar-refractivity contribution is 0.0465. The van der Waals surface area contributed by atoms with Gasteiger partial charge >= 0.3 is 0 Å². The van der Waals surface area contributed by atoms with Gasteiger partial charge in [0.2, 0.25) is 0 Å². The molecule has 1 atom stereocenters. The lowest BCUT2D eigenvalue weighted by Gasteiger charge is -2.29. The number of amides is 1. The van der Waals surface area contributed by atoms with Crippen LogP contribution in [0.2, 0.25) is 0 Å². The van der Waals surface area contributed by atoms with Crippen molar-refractivity contribution >= 4 is 11.7 Å². The summed E-state index contributed by atoms with van der Waals surface area (Å²) in [5, 5.41) is 13.5. The monoisotopic (exact) mass is 344 g/mol. The summed E-state index contributed by atoms with van der Waals surface area (Å²) < 4.78 is 10.7. The summed E-state index contributed by atoms with van der Waals surface area (Å²) in [5.41, 5.74) is 0.764. The number of β-amino-alcohol motifs (C(OH)–C–C–N with tert-alkyl or cyclic N) is 1. The smallest absolute Gasteiger partial charge is 0.276 e.